The number of rotatable bonds is 5. The molecule has 2 N–H and O–H groups in total. The van der Waals surface area contributed by atoms with Gasteiger partial charge in [0, 0.05) is 6.42 Å². The second-order valence-corrected chi connectivity index (χ2v) is 7.26. The van der Waals surface area contributed by atoms with Crippen molar-refractivity contribution in [3.63, 3.8) is 0 Å². The lowest BCUT2D eigenvalue weighted by Gasteiger charge is -2.22. The van der Waals surface area contributed by atoms with E-state index in [0.29, 0.717) is 0 Å². The van der Waals surface area contributed by atoms with Gasteiger partial charge in [-0.25, -0.2) is 9.59 Å². The highest BCUT2D eigenvalue weighted by atomic mass is 16.6. The monoisotopic (exact) mass is 355 g/mol. The molecule has 1 unspecified atom stereocenters. The molecule has 0 aliphatic heterocycles. The summed E-state index contributed by atoms with van der Waals surface area (Å²) in [6.45, 7) is 7.22. The Balaban J connectivity index is 2.17. The maximum atomic E-state index is 11.9. The lowest BCUT2D eigenvalue weighted by Crippen LogP contribution is -2.44. The Labute approximate surface area is 154 Å². The summed E-state index contributed by atoms with van der Waals surface area (Å²) in [5.74, 6) is -1.10. The number of hydrogen-bond acceptors (Lipinski definition) is 3. The van der Waals surface area contributed by atoms with E-state index in [4.69, 9.17) is 4.74 Å². The SMILES string of the molecule is Cc1ccccc1-c1cccc(CC(NC(=O)OC(C)(C)C)C(=O)O)c1. The van der Waals surface area contributed by atoms with Crippen molar-refractivity contribution in [2.75, 3.05) is 0 Å². The number of alkyl carbamates (subject to hydrolysis) is 1. The van der Waals surface area contributed by atoms with Crippen LogP contribution in [0.1, 0.15) is 31.9 Å². The normalized spacial score (nSPS) is 12.3. The summed E-state index contributed by atoms with van der Waals surface area (Å²) in [4.78, 5) is 23.4. The summed E-state index contributed by atoms with van der Waals surface area (Å²) in [5.41, 5.74) is 3.40. The van der Waals surface area contributed by atoms with E-state index in [0.717, 1.165) is 22.3 Å². The molecular formula is C21H25NO4. The van der Waals surface area contributed by atoms with Crippen molar-refractivity contribution in [2.45, 2.75) is 45.8 Å². The fraction of sp³-hybridized carbons (Fsp3) is 0.333. The Morgan fingerprint density at radius 2 is 1.81 bits per heavy atom. The summed E-state index contributed by atoms with van der Waals surface area (Å²) >= 11 is 0. The van der Waals surface area contributed by atoms with Gasteiger partial charge in [-0.3, -0.25) is 0 Å². The van der Waals surface area contributed by atoms with Crippen LogP contribution in [-0.4, -0.2) is 28.8 Å². The van der Waals surface area contributed by atoms with Gasteiger partial charge in [-0.05, 0) is 49.9 Å². The third-order valence-corrected chi connectivity index (χ3v) is 3.81. The average molecular weight is 355 g/mol. The lowest BCUT2D eigenvalue weighted by molar-refractivity contribution is -0.139. The number of carboxylic acid groups (broad SMARTS) is 1. The Morgan fingerprint density at radius 1 is 1.12 bits per heavy atom. The van der Waals surface area contributed by atoms with E-state index in [-0.39, 0.29) is 6.42 Å². The number of aryl methyl sites for hydroxylation is 1. The molecule has 0 aliphatic rings. The maximum absolute atomic E-state index is 11.9. The third-order valence-electron chi connectivity index (χ3n) is 3.81. The summed E-state index contributed by atoms with van der Waals surface area (Å²) in [6, 6.07) is 14.6. The summed E-state index contributed by atoms with van der Waals surface area (Å²) in [7, 11) is 0. The minimum Gasteiger partial charge on any atom is -0.480 e. The number of carbonyl (C=O) groups excluding carboxylic acids is 1. The third kappa shape index (κ3) is 5.62. The molecule has 0 saturated heterocycles. The number of carboxylic acids is 1. The highest BCUT2D eigenvalue weighted by Crippen LogP contribution is 2.24. The molecule has 5 nitrogen and oxygen atoms in total. The number of nitrogens with one attached hydrogen (secondary N) is 1. The molecule has 2 rings (SSSR count). The molecule has 26 heavy (non-hydrogen) atoms. The standard InChI is InChI=1S/C21H25NO4/c1-14-8-5-6-11-17(14)16-10-7-9-15(12-16)13-18(19(23)24)22-20(25)26-21(2,3)4/h5-12,18H,13H2,1-4H3,(H,22,25)(H,23,24). The van der Waals surface area contributed by atoms with Crippen LogP contribution < -0.4 is 5.32 Å². The van der Waals surface area contributed by atoms with E-state index >= 15 is 0 Å². The molecule has 0 fully saturated rings. The first kappa shape index (κ1) is 19.5. The lowest BCUT2D eigenvalue weighted by atomic mass is 9.97. The average Bonchev–Trinajstić information content (AvgIpc) is 2.53. The van der Waals surface area contributed by atoms with Crippen LogP contribution in [0, 0.1) is 6.92 Å². The molecule has 0 spiro atoms. The van der Waals surface area contributed by atoms with Gasteiger partial charge in [-0.15, -0.1) is 0 Å². The maximum Gasteiger partial charge on any atom is 0.408 e. The van der Waals surface area contributed by atoms with Crippen LogP contribution in [0.2, 0.25) is 0 Å². The second kappa shape index (κ2) is 8.04. The van der Waals surface area contributed by atoms with Crippen LogP contribution in [0.3, 0.4) is 0 Å². The zero-order chi connectivity index (χ0) is 19.3. The van der Waals surface area contributed by atoms with Crippen molar-refractivity contribution in [3.05, 3.63) is 59.7 Å². The van der Waals surface area contributed by atoms with Gasteiger partial charge in [-0.2, -0.15) is 0 Å². The van der Waals surface area contributed by atoms with E-state index in [1.807, 2.05) is 55.5 Å². The van der Waals surface area contributed by atoms with Gasteiger partial charge in [0.2, 0.25) is 0 Å². The fourth-order valence-corrected chi connectivity index (χ4v) is 2.65. The molecule has 0 heterocycles. The van der Waals surface area contributed by atoms with Crippen molar-refractivity contribution in [1.82, 2.24) is 5.32 Å². The zero-order valence-corrected chi connectivity index (χ0v) is 15.6. The Morgan fingerprint density at radius 3 is 2.42 bits per heavy atom. The van der Waals surface area contributed by atoms with Crippen LogP contribution in [0.25, 0.3) is 11.1 Å². The number of hydrogen-bond donors (Lipinski definition) is 2. The number of amides is 1. The van der Waals surface area contributed by atoms with Gasteiger partial charge in [0.25, 0.3) is 0 Å². The van der Waals surface area contributed by atoms with Gasteiger partial charge >= 0.3 is 12.1 Å². The highest BCUT2D eigenvalue weighted by Gasteiger charge is 2.24. The van der Waals surface area contributed by atoms with Gasteiger partial charge in [-0.1, -0.05) is 48.5 Å². The predicted molar refractivity (Wildman–Crippen MR) is 101 cm³/mol. The van der Waals surface area contributed by atoms with Crippen LogP contribution in [0.15, 0.2) is 48.5 Å². The first-order chi connectivity index (χ1) is 12.2. The van der Waals surface area contributed by atoms with E-state index in [9.17, 15) is 14.7 Å². The Bertz CT molecular complexity index is 793. The first-order valence-corrected chi connectivity index (χ1v) is 8.53. The second-order valence-electron chi connectivity index (χ2n) is 7.26. The van der Waals surface area contributed by atoms with Crippen LogP contribution >= 0.6 is 0 Å². The van der Waals surface area contributed by atoms with Crippen LogP contribution in [-0.2, 0) is 16.0 Å². The topological polar surface area (TPSA) is 75.6 Å². The zero-order valence-electron chi connectivity index (χ0n) is 15.6. The molecule has 5 heteroatoms. The smallest absolute Gasteiger partial charge is 0.408 e. The summed E-state index contributed by atoms with van der Waals surface area (Å²) in [6.07, 6.45) is -0.561. The van der Waals surface area contributed by atoms with Gasteiger partial charge in [0.05, 0.1) is 0 Å². The quantitative estimate of drug-likeness (QED) is 0.843. The van der Waals surface area contributed by atoms with Gasteiger partial charge < -0.3 is 15.2 Å². The molecule has 0 saturated carbocycles. The molecule has 0 aliphatic carbocycles. The number of benzene rings is 2. The van der Waals surface area contributed by atoms with Crippen molar-refractivity contribution < 1.29 is 19.4 Å². The van der Waals surface area contributed by atoms with Crippen LogP contribution in [0.5, 0.6) is 0 Å². The number of aliphatic carboxylic acids is 1. The molecule has 138 valence electrons. The summed E-state index contributed by atoms with van der Waals surface area (Å²) in [5, 5.41) is 11.9. The minimum atomic E-state index is -1.10. The fourth-order valence-electron chi connectivity index (χ4n) is 2.65. The molecule has 2 aromatic carbocycles. The molecule has 1 amide bonds. The first-order valence-electron chi connectivity index (χ1n) is 8.53. The Hall–Kier alpha value is -2.82. The molecular weight excluding hydrogens is 330 g/mol. The predicted octanol–water partition coefficient (Wildman–Crippen LogP) is 4.18. The molecule has 1 atom stereocenters. The molecule has 2 aromatic rings. The van der Waals surface area contributed by atoms with Crippen molar-refractivity contribution >= 4 is 12.1 Å². The van der Waals surface area contributed by atoms with Crippen LogP contribution in [0.4, 0.5) is 4.79 Å². The Kier molecular flexibility index (Phi) is 6.03. The summed E-state index contributed by atoms with van der Waals surface area (Å²) < 4.78 is 5.15. The molecule has 0 aromatic heterocycles. The highest BCUT2D eigenvalue weighted by molar-refractivity contribution is 5.80. The van der Waals surface area contributed by atoms with Crippen molar-refractivity contribution in [1.29, 1.82) is 0 Å². The minimum absolute atomic E-state index is 0.175. The van der Waals surface area contributed by atoms with E-state index in [1.54, 1.807) is 20.8 Å². The van der Waals surface area contributed by atoms with Crippen molar-refractivity contribution in [3.8, 4) is 11.1 Å². The molecule has 0 radical (unpaired) electrons. The van der Waals surface area contributed by atoms with Gasteiger partial charge in [0.1, 0.15) is 11.6 Å². The van der Waals surface area contributed by atoms with Crippen molar-refractivity contribution in [2.24, 2.45) is 0 Å². The van der Waals surface area contributed by atoms with Gasteiger partial charge in [0.15, 0.2) is 0 Å². The number of carbonyl (C=O) groups is 2. The van der Waals surface area contributed by atoms with E-state index in [2.05, 4.69) is 5.32 Å². The number of ether oxygens (including phenoxy) is 1. The largest absolute Gasteiger partial charge is 0.480 e. The van der Waals surface area contributed by atoms with E-state index in [1.165, 1.54) is 0 Å². The molecule has 0 bridgehead atoms. The van der Waals surface area contributed by atoms with E-state index < -0.39 is 23.7 Å².